The van der Waals surface area contributed by atoms with E-state index < -0.39 is 0 Å². The molecular weight excluding hydrogens is 340 g/mol. The lowest BCUT2D eigenvalue weighted by Crippen LogP contribution is -2.41. The third kappa shape index (κ3) is 3.58. The van der Waals surface area contributed by atoms with Crippen molar-refractivity contribution in [1.82, 2.24) is 39.6 Å². The van der Waals surface area contributed by atoms with Crippen molar-refractivity contribution < 1.29 is 4.79 Å². The van der Waals surface area contributed by atoms with Crippen molar-refractivity contribution in [3.8, 4) is 0 Å². The Kier molecular flexibility index (Phi) is 4.51. The number of piperidine rings is 1. The van der Waals surface area contributed by atoms with Crippen molar-refractivity contribution in [3.63, 3.8) is 0 Å². The second-order valence-electron chi connectivity index (χ2n) is 6.08. The van der Waals surface area contributed by atoms with Gasteiger partial charge in [-0.25, -0.2) is 14.6 Å². The van der Waals surface area contributed by atoms with E-state index in [9.17, 15) is 4.79 Å². The van der Waals surface area contributed by atoms with Crippen LogP contribution in [0.25, 0.3) is 0 Å². The van der Waals surface area contributed by atoms with E-state index in [4.69, 9.17) is 0 Å². The first-order valence-corrected chi connectivity index (χ1v) is 9.10. The molecule has 3 aromatic rings. The summed E-state index contributed by atoms with van der Waals surface area (Å²) >= 11 is 1.59. The third-order valence-electron chi connectivity index (χ3n) is 4.39. The lowest BCUT2D eigenvalue weighted by atomic mass is 9.97. The summed E-state index contributed by atoms with van der Waals surface area (Å²) in [5.41, 5.74) is 2.87. The molecule has 1 aliphatic heterocycles. The molecule has 0 bridgehead atoms. The highest BCUT2D eigenvalue weighted by molar-refractivity contribution is 7.07. The van der Waals surface area contributed by atoms with Gasteiger partial charge in [0.1, 0.15) is 18.7 Å². The van der Waals surface area contributed by atoms with Crippen molar-refractivity contribution in [2.24, 2.45) is 0 Å². The van der Waals surface area contributed by atoms with Crippen LogP contribution in [0.2, 0.25) is 0 Å². The Bertz CT molecular complexity index is 813. The fraction of sp³-hybridized carbons (Fsp3) is 0.467. The highest BCUT2D eigenvalue weighted by Gasteiger charge is 2.27. The number of likely N-dealkylation sites (tertiary alicyclic amines) is 1. The molecule has 4 heterocycles. The van der Waals surface area contributed by atoms with Gasteiger partial charge in [-0.3, -0.25) is 4.79 Å². The lowest BCUT2D eigenvalue weighted by Gasteiger charge is -2.32. The Morgan fingerprint density at radius 2 is 2.32 bits per heavy atom. The molecule has 1 atom stereocenters. The Balaban J connectivity index is 1.44. The Morgan fingerprint density at radius 1 is 1.36 bits per heavy atom. The van der Waals surface area contributed by atoms with Gasteiger partial charge in [0.05, 0.1) is 17.7 Å². The Hall–Kier alpha value is -2.62. The molecule has 0 radical (unpaired) electrons. The number of hydrogen-bond acceptors (Lipinski definition) is 7. The van der Waals surface area contributed by atoms with E-state index in [1.807, 2.05) is 28.2 Å². The first kappa shape index (κ1) is 15.9. The third-order valence-corrected chi connectivity index (χ3v) is 5.03. The molecular formula is C15H18N8OS. The molecule has 1 saturated heterocycles. The lowest BCUT2D eigenvalue weighted by molar-refractivity contribution is -0.133. The van der Waals surface area contributed by atoms with Gasteiger partial charge in [0.2, 0.25) is 5.91 Å². The van der Waals surface area contributed by atoms with E-state index in [0.717, 1.165) is 30.9 Å². The van der Waals surface area contributed by atoms with Crippen molar-refractivity contribution in [2.75, 3.05) is 13.1 Å². The highest BCUT2D eigenvalue weighted by atomic mass is 32.1. The molecule has 0 saturated carbocycles. The normalized spacial score (nSPS) is 17.8. The maximum absolute atomic E-state index is 12.5. The summed E-state index contributed by atoms with van der Waals surface area (Å²) in [4.78, 5) is 23.3. The predicted octanol–water partition coefficient (Wildman–Crippen LogP) is 0.781. The molecule has 0 unspecified atom stereocenters. The van der Waals surface area contributed by atoms with Crippen molar-refractivity contribution in [1.29, 1.82) is 0 Å². The number of imidazole rings is 1. The number of hydrogen-bond donors (Lipinski definition) is 0. The number of rotatable bonds is 5. The minimum Gasteiger partial charge on any atom is -0.340 e. The van der Waals surface area contributed by atoms with E-state index in [0.29, 0.717) is 13.1 Å². The number of nitrogens with zero attached hydrogens (tertiary/aromatic N) is 8. The van der Waals surface area contributed by atoms with Gasteiger partial charge in [0.25, 0.3) is 0 Å². The van der Waals surface area contributed by atoms with E-state index >= 15 is 0 Å². The van der Waals surface area contributed by atoms with Crippen LogP contribution in [-0.4, -0.2) is 58.6 Å². The summed E-state index contributed by atoms with van der Waals surface area (Å²) < 4.78 is 3.59. The molecule has 10 heteroatoms. The van der Waals surface area contributed by atoms with Crippen LogP contribution >= 0.6 is 11.3 Å². The number of thiazole rings is 1. The maximum atomic E-state index is 12.5. The van der Waals surface area contributed by atoms with Crippen LogP contribution in [0.15, 0.2) is 29.6 Å². The molecule has 1 amide bonds. The van der Waals surface area contributed by atoms with Crippen LogP contribution in [0.4, 0.5) is 0 Å². The Labute approximate surface area is 148 Å². The fourth-order valence-electron chi connectivity index (χ4n) is 3.21. The SMILES string of the molecule is O=C(Cn1cnnn1)N1CCC[C@@H](c2nccn2Cc2cscn2)C1. The van der Waals surface area contributed by atoms with Crippen LogP contribution in [0.5, 0.6) is 0 Å². The topological polar surface area (TPSA) is 94.6 Å². The molecule has 25 heavy (non-hydrogen) atoms. The second kappa shape index (κ2) is 7.09. The van der Waals surface area contributed by atoms with Gasteiger partial charge < -0.3 is 9.47 Å². The fourth-order valence-corrected chi connectivity index (χ4v) is 3.76. The van der Waals surface area contributed by atoms with Crippen molar-refractivity contribution in [2.45, 2.75) is 31.8 Å². The monoisotopic (exact) mass is 358 g/mol. The van der Waals surface area contributed by atoms with E-state index in [2.05, 4.69) is 30.1 Å². The summed E-state index contributed by atoms with van der Waals surface area (Å²) in [6.07, 6.45) is 7.26. The molecule has 0 spiro atoms. The average molecular weight is 358 g/mol. The smallest absolute Gasteiger partial charge is 0.244 e. The molecule has 3 aromatic heterocycles. The van der Waals surface area contributed by atoms with E-state index in [1.54, 1.807) is 11.3 Å². The summed E-state index contributed by atoms with van der Waals surface area (Å²) in [5.74, 6) is 1.29. The first-order valence-electron chi connectivity index (χ1n) is 8.16. The quantitative estimate of drug-likeness (QED) is 0.669. The minimum atomic E-state index is 0.0367. The van der Waals surface area contributed by atoms with Gasteiger partial charge in [-0.15, -0.1) is 16.4 Å². The molecule has 1 aliphatic rings. The van der Waals surface area contributed by atoms with Crippen molar-refractivity contribution in [3.05, 3.63) is 41.1 Å². The second-order valence-corrected chi connectivity index (χ2v) is 6.80. The molecule has 1 fully saturated rings. The number of carbonyl (C=O) groups excluding carboxylic acids is 1. The van der Waals surface area contributed by atoms with Gasteiger partial charge in [0.15, 0.2) is 0 Å². The molecule has 0 aliphatic carbocycles. The molecule has 4 rings (SSSR count). The zero-order valence-corrected chi connectivity index (χ0v) is 14.4. The Morgan fingerprint density at radius 3 is 3.12 bits per heavy atom. The molecule has 130 valence electrons. The number of amides is 1. The molecule has 0 aromatic carbocycles. The first-order chi connectivity index (χ1) is 12.3. The predicted molar refractivity (Wildman–Crippen MR) is 89.8 cm³/mol. The number of tetrazole rings is 1. The summed E-state index contributed by atoms with van der Waals surface area (Å²) in [7, 11) is 0. The van der Waals surface area contributed by atoms with Crippen LogP contribution in [0.1, 0.15) is 30.3 Å². The number of aromatic nitrogens is 7. The highest BCUT2D eigenvalue weighted by Crippen LogP contribution is 2.26. The van der Waals surface area contributed by atoms with E-state index in [1.165, 1.54) is 11.0 Å². The van der Waals surface area contributed by atoms with Gasteiger partial charge >= 0.3 is 0 Å². The minimum absolute atomic E-state index is 0.0367. The largest absolute Gasteiger partial charge is 0.340 e. The zero-order valence-electron chi connectivity index (χ0n) is 13.6. The summed E-state index contributed by atoms with van der Waals surface area (Å²) in [6, 6.07) is 0. The molecule has 0 N–H and O–H groups in total. The van der Waals surface area contributed by atoms with Gasteiger partial charge in [-0.2, -0.15) is 0 Å². The summed E-state index contributed by atoms with van der Waals surface area (Å²) in [6.45, 7) is 2.33. The van der Waals surface area contributed by atoms with E-state index in [-0.39, 0.29) is 18.4 Å². The van der Waals surface area contributed by atoms with Crippen LogP contribution in [0.3, 0.4) is 0 Å². The van der Waals surface area contributed by atoms with Gasteiger partial charge in [-0.1, -0.05) is 0 Å². The maximum Gasteiger partial charge on any atom is 0.244 e. The standard InChI is InChI=1S/C15H18N8OS/c24-14(8-23-10-18-19-20-23)21-4-1-2-12(6-21)15-16-3-5-22(15)7-13-9-25-11-17-13/h3,5,9-12H,1-2,4,6-8H2/t12-/m1/s1. The van der Waals surface area contributed by atoms with Crippen LogP contribution in [-0.2, 0) is 17.9 Å². The van der Waals surface area contributed by atoms with Gasteiger partial charge in [0, 0.05) is 36.8 Å². The van der Waals surface area contributed by atoms with Gasteiger partial charge in [-0.05, 0) is 23.3 Å². The summed E-state index contributed by atoms with van der Waals surface area (Å²) in [5, 5.41) is 12.9. The van der Waals surface area contributed by atoms with Crippen molar-refractivity contribution >= 4 is 17.2 Å². The molecule has 9 nitrogen and oxygen atoms in total. The van der Waals surface area contributed by atoms with Crippen LogP contribution < -0.4 is 0 Å². The average Bonchev–Trinajstić information content (AvgIpc) is 3.38. The zero-order chi connectivity index (χ0) is 17.1. The van der Waals surface area contributed by atoms with Crippen LogP contribution in [0, 0.1) is 0 Å². The number of carbonyl (C=O) groups is 1.